The molecule has 3 atom stereocenters. The van der Waals surface area contributed by atoms with Crippen LogP contribution in [-0.4, -0.2) is 43.6 Å². The molecule has 0 aromatic rings. The van der Waals surface area contributed by atoms with Gasteiger partial charge in [-0.05, 0) is 31.6 Å². The lowest BCUT2D eigenvalue weighted by molar-refractivity contribution is -0.145. The Kier molecular flexibility index (Phi) is 4.74. The summed E-state index contributed by atoms with van der Waals surface area (Å²) in [6, 6.07) is 0.0823. The van der Waals surface area contributed by atoms with E-state index in [1.54, 1.807) is 4.31 Å². The van der Waals surface area contributed by atoms with E-state index in [1.165, 1.54) is 7.11 Å². The number of hydrogen-bond donors (Lipinski definition) is 0. The first-order chi connectivity index (χ1) is 9.39. The zero-order valence-electron chi connectivity index (χ0n) is 12.5. The summed E-state index contributed by atoms with van der Waals surface area (Å²) < 4.78 is 32.2. The lowest BCUT2D eigenvalue weighted by Gasteiger charge is -2.31. The molecule has 3 unspecified atom stereocenters. The number of methoxy groups -OCH3 is 1. The second kappa shape index (κ2) is 6.02. The van der Waals surface area contributed by atoms with Gasteiger partial charge in [0.1, 0.15) is 0 Å². The maximum Gasteiger partial charge on any atom is 0.310 e. The summed E-state index contributed by atoms with van der Waals surface area (Å²) in [7, 11) is -2.07. The number of esters is 1. The Hall–Kier alpha value is -0.620. The van der Waals surface area contributed by atoms with E-state index in [2.05, 4.69) is 13.8 Å². The molecule has 0 N–H and O–H groups in total. The zero-order chi connectivity index (χ0) is 14.9. The van der Waals surface area contributed by atoms with Gasteiger partial charge in [-0.15, -0.1) is 0 Å². The predicted octanol–water partition coefficient (Wildman–Crippen LogP) is 1.78. The van der Waals surface area contributed by atoms with E-state index in [0.717, 1.165) is 19.3 Å². The number of nitrogens with zero attached hydrogens (tertiary/aromatic N) is 1. The van der Waals surface area contributed by atoms with E-state index >= 15 is 0 Å². The van der Waals surface area contributed by atoms with Crippen molar-refractivity contribution in [3.8, 4) is 0 Å². The van der Waals surface area contributed by atoms with Crippen LogP contribution in [0.5, 0.6) is 0 Å². The van der Waals surface area contributed by atoms with Crippen molar-refractivity contribution in [1.82, 2.24) is 4.31 Å². The molecule has 0 bridgehead atoms. The second-order valence-electron chi connectivity index (χ2n) is 6.21. The summed E-state index contributed by atoms with van der Waals surface area (Å²) in [4.78, 5) is 11.8. The van der Waals surface area contributed by atoms with Crippen molar-refractivity contribution in [1.29, 1.82) is 0 Å². The first-order valence-corrected chi connectivity index (χ1v) is 8.98. The monoisotopic (exact) mass is 303 g/mol. The third-order valence-electron chi connectivity index (χ3n) is 4.68. The molecule has 0 radical (unpaired) electrons. The van der Waals surface area contributed by atoms with Gasteiger partial charge in [-0.1, -0.05) is 20.3 Å². The van der Waals surface area contributed by atoms with Crippen molar-refractivity contribution in [2.24, 2.45) is 11.8 Å². The average molecular weight is 303 g/mol. The topological polar surface area (TPSA) is 63.7 Å². The summed E-state index contributed by atoms with van der Waals surface area (Å²) in [6.07, 6.45) is 3.81. The lowest BCUT2D eigenvalue weighted by Crippen LogP contribution is -2.46. The minimum atomic E-state index is -3.40. The third kappa shape index (κ3) is 2.72. The van der Waals surface area contributed by atoms with Gasteiger partial charge in [0.25, 0.3) is 0 Å². The van der Waals surface area contributed by atoms with E-state index in [0.29, 0.717) is 25.3 Å². The summed E-state index contributed by atoms with van der Waals surface area (Å²) in [5.41, 5.74) is 0. The number of carbonyl (C=O) groups is 1. The molecule has 0 amide bonds. The Labute approximate surface area is 121 Å². The second-order valence-corrected chi connectivity index (χ2v) is 8.31. The highest BCUT2D eigenvalue weighted by molar-refractivity contribution is 7.89. The molecule has 116 valence electrons. The first kappa shape index (κ1) is 15.8. The molecule has 0 aromatic carbocycles. The number of hydrogen-bond acceptors (Lipinski definition) is 4. The standard InChI is InChI=1S/C14H25NO4S/c1-10(2)12-7-5-9-15(12)20(17,18)13-8-4-6-11(13)14(16)19-3/h10-13H,4-9H2,1-3H3. The molecule has 1 aliphatic carbocycles. The van der Waals surface area contributed by atoms with Crippen molar-refractivity contribution in [3.63, 3.8) is 0 Å². The van der Waals surface area contributed by atoms with Crippen molar-refractivity contribution in [2.75, 3.05) is 13.7 Å². The number of ether oxygens (including phenoxy) is 1. The predicted molar refractivity (Wildman–Crippen MR) is 76.6 cm³/mol. The molecule has 1 heterocycles. The minimum absolute atomic E-state index is 0.0823. The molecule has 5 nitrogen and oxygen atoms in total. The molecule has 2 rings (SSSR count). The van der Waals surface area contributed by atoms with E-state index in [4.69, 9.17) is 4.74 Å². The van der Waals surface area contributed by atoms with Crippen LogP contribution in [0.15, 0.2) is 0 Å². The Morgan fingerprint density at radius 2 is 1.90 bits per heavy atom. The lowest BCUT2D eigenvalue weighted by atomic mass is 10.0. The molecule has 0 spiro atoms. The van der Waals surface area contributed by atoms with Crippen LogP contribution in [0.2, 0.25) is 0 Å². The van der Waals surface area contributed by atoms with Gasteiger partial charge in [0.15, 0.2) is 0 Å². The Bertz CT molecular complexity index is 460. The smallest absolute Gasteiger partial charge is 0.310 e. The first-order valence-electron chi connectivity index (χ1n) is 7.48. The van der Waals surface area contributed by atoms with Crippen LogP contribution in [0.4, 0.5) is 0 Å². The summed E-state index contributed by atoms with van der Waals surface area (Å²) in [5.74, 6) is -0.556. The molecule has 2 fully saturated rings. The van der Waals surface area contributed by atoms with Crippen molar-refractivity contribution >= 4 is 16.0 Å². The van der Waals surface area contributed by atoms with Gasteiger partial charge in [0.2, 0.25) is 10.0 Å². The number of sulfonamides is 1. The SMILES string of the molecule is COC(=O)C1CCCC1S(=O)(=O)N1CCCC1C(C)C. The van der Waals surface area contributed by atoms with Gasteiger partial charge in [-0.3, -0.25) is 4.79 Å². The molecule has 6 heteroatoms. The van der Waals surface area contributed by atoms with E-state index < -0.39 is 21.2 Å². The number of rotatable bonds is 4. The van der Waals surface area contributed by atoms with Crippen molar-refractivity contribution < 1.29 is 17.9 Å². The minimum Gasteiger partial charge on any atom is -0.469 e. The summed E-state index contributed by atoms with van der Waals surface area (Å²) in [5, 5.41) is -0.589. The summed E-state index contributed by atoms with van der Waals surface area (Å²) in [6.45, 7) is 4.71. The highest BCUT2D eigenvalue weighted by atomic mass is 32.2. The fraction of sp³-hybridized carbons (Fsp3) is 0.929. The molecular weight excluding hydrogens is 278 g/mol. The fourth-order valence-corrected chi connectivity index (χ4v) is 6.21. The molecule has 1 aliphatic heterocycles. The average Bonchev–Trinajstić information content (AvgIpc) is 3.06. The molecule has 20 heavy (non-hydrogen) atoms. The maximum absolute atomic E-state index is 12.9. The van der Waals surface area contributed by atoms with Gasteiger partial charge >= 0.3 is 5.97 Å². The van der Waals surface area contributed by atoms with Crippen LogP contribution in [0.3, 0.4) is 0 Å². The Morgan fingerprint density at radius 1 is 1.20 bits per heavy atom. The Morgan fingerprint density at radius 3 is 2.50 bits per heavy atom. The third-order valence-corrected chi connectivity index (χ3v) is 7.12. The van der Waals surface area contributed by atoms with Gasteiger partial charge < -0.3 is 4.74 Å². The quantitative estimate of drug-likeness (QED) is 0.743. The van der Waals surface area contributed by atoms with E-state index in [1.807, 2.05) is 0 Å². The van der Waals surface area contributed by atoms with Gasteiger partial charge in [0.05, 0.1) is 18.3 Å². The van der Waals surface area contributed by atoms with Crippen LogP contribution < -0.4 is 0 Å². The summed E-state index contributed by atoms with van der Waals surface area (Å²) >= 11 is 0. The molecular formula is C14H25NO4S. The van der Waals surface area contributed by atoms with Gasteiger partial charge in [-0.25, -0.2) is 8.42 Å². The van der Waals surface area contributed by atoms with Gasteiger partial charge in [-0.2, -0.15) is 4.31 Å². The highest BCUT2D eigenvalue weighted by Gasteiger charge is 2.47. The maximum atomic E-state index is 12.9. The van der Waals surface area contributed by atoms with Crippen LogP contribution in [0, 0.1) is 11.8 Å². The zero-order valence-corrected chi connectivity index (χ0v) is 13.4. The van der Waals surface area contributed by atoms with E-state index in [-0.39, 0.29) is 12.0 Å². The van der Waals surface area contributed by atoms with Crippen LogP contribution in [0.25, 0.3) is 0 Å². The van der Waals surface area contributed by atoms with E-state index in [9.17, 15) is 13.2 Å². The number of carbonyl (C=O) groups excluding carboxylic acids is 1. The van der Waals surface area contributed by atoms with Crippen molar-refractivity contribution in [3.05, 3.63) is 0 Å². The molecule has 0 aromatic heterocycles. The van der Waals surface area contributed by atoms with Crippen LogP contribution in [-0.2, 0) is 19.6 Å². The normalized spacial score (nSPS) is 31.9. The van der Waals surface area contributed by atoms with Crippen molar-refractivity contribution in [2.45, 2.75) is 57.2 Å². The molecule has 1 saturated heterocycles. The largest absolute Gasteiger partial charge is 0.469 e. The molecule has 1 saturated carbocycles. The van der Waals surface area contributed by atoms with Gasteiger partial charge in [0, 0.05) is 12.6 Å². The van der Waals surface area contributed by atoms with Crippen LogP contribution >= 0.6 is 0 Å². The highest BCUT2D eigenvalue weighted by Crippen LogP contribution is 2.37. The van der Waals surface area contributed by atoms with Crippen LogP contribution in [0.1, 0.15) is 46.0 Å². The molecule has 2 aliphatic rings. The fourth-order valence-electron chi connectivity index (χ4n) is 3.63. The Balaban J connectivity index is 2.23.